The summed E-state index contributed by atoms with van der Waals surface area (Å²) in [7, 11) is 0. The van der Waals surface area contributed by atoms with Crippen LogP contribution in [0, 0.1) is 0 Å². The van der Waals surface area contributed by atoms with E-state index >= 15 is 0 Å². The maximum Gasteiger partial charge on any atom is 0.251 e. The first kappa shape index (κ1) is 14.9. The number of carbonyl (C=O) groups is 1. The van der Waals surface area contributed by atoms with Crippen LogP contribution >= 0.6 is 11.6 Å². The molecule has 2 rings (SSSR count). The summed E-state index contributed by atoms with van der Waals surface area (Å²) in [5.41, 5.74) is 2.31. The first-order valence-corrected chi connectivity index (χ1v) is 7.30. The van der Waals surface area contributed by atoms with Crippen LogP contribution in [-0.4, -0.2) is 21.5 Å². The van der Waals surface area contributed by atoms with Gasteiger partial charge in [-0.3, -0.25) is 4.79 Å². The molecule has 1 N–H and O–H groups in total. The standard InChI is InChI=1S/C15H20ClN3O/c1-5-10(4)17-14(20)11-6-7-13-12(8-11)18-15(16)19(13)9(2)3/h6-10H,5H2,1-4H3,(H,17,20)/t10-/m0/s1. The topological polar surface area (TPSA) is 46.9 Å². The molecule has 4 nitrogen and oxygen atoms in total. The summed E-state index contributed by atoms with van der Waals surface area (Å²) in [6.07, 6.45) is 0.905. The van der Waals surface area contributed by atoms with E-state index in [1.165, 1.54) is 0 Å². The van der Waals surface area contributed by atoms with Gasteiger partial charge in [-0.2, -0.15) is 0 Å². The molecule has 1 aromatic heterocycles. The monoisotopic (exact) mass is 293 g/mol. The highest BCUT2D eigenvalue weighted by Crippen LogP contribution is 2.25. The van der Waals surface area contributed by atoms with Gasteiger partial charge in [0.15, 0.2) is 0 Å². The van der Waals surface area contributed by atoms with Gasteiger partial charge >= 0.3 is 0 Å². The van der Waals surface area contributed by atoms with Crippen molar-refractivity contribution >= 4 is 28.5 Å². The van der Waals surface area contributed by atoms with Crippen molar-refractivity contribution in [2.75, 3.05) is 0 Å². The van der Waals surface area contributed by atoms with Crippen molar-refractivity contribution in [2.24, 2.45) is 0 Å². The van der Waals surface area contributed by atoms with Gasteiger partial charge in [-0.25, -0.2) is 4.98 Å². The highest BCUT2D eigenvalue weighted by molar-refractivity contribution is 6.29. The van der Waals surface area contributed by atoms with E-state index in [0.29, 0.717) is 10.8 Å². The van der Waals surface area contributed by atoms with Crippen LogP contribution in [0.3, 0.4) is 0 Å². The molecular formula is C15H20ClN3O. The van der Waals surface area contributed by atoms with Gasteiger partial charge in [0.1, 0.15) is 0 Å². The molecule has 5 heteroatoms. The molecule has 0 saturated carbocycles. The van der Waals surface area contributed by atoms with E-state index in [-0.39, 0.29) is 18.0 Å². The Labute approximate surface area is 124 Å². The van der Waals surface area contributed by atoms with Gasteiger partial charge < -0.3 is 9.88 Å². The third-order valence-corrected chi connectivity index (χ3v) is 3.68. The molecule has 0 bridgehead atoms. The van der Waals surface area contributed by atoms with Gasteiger partial charge in [0.25, 0.3) is 5.91 Å². The second-order valence-corrected chi connectivity index (χ2v) is 5.67. The third kappa shape index (κ3) is 2.80. The fourth-order valence-electron chi connectivity index (χ4n) is 2.11. The Balaban J connectivity index is 2.38. The Kier molecular flexibility index (Phi) is 4.33. The van der Waals surface area contributed by atoms with Crippen molar-refractivity contribution in [3.63, 3.8) is 0 Å². The molecule has 0 spiro atoms. The van der Waals surface area contributed by atoms with Crippen LogP contribution < -0.4 is 5.32 Å². The first-order chi connectivity index (χ1) is 9.43. The molecule has 1 atom stereocenters. The average Bonchev–Trinajstić information content (AvgIpc) is 2.73. The van der Waals surface area contributed by atoms with E-state index in [1.54, 1.807) is 6.07 Å². The molecule has 0 aliphatic carbocycles. The number of nitrogens with one attached hydrogen (secondary N) is 1. The van der Waals surface area contributed by atoms with Crippen LogP contribution in [0.4, 0.5) is 0 Å². The number of nitrogens with zero attached hydrogens (tertiary/aromatic N) is 2. The molecule has 1 heterocycles. The number of benzene rings is 1. The summed E-state index contributed by atoms with van der Waals surface area (Å²) in [5.74, 6) is -0.0727. The van der Waals surface area contributed by atoms with Crippen LogP contribution in [0.2, 0.25) is 5.28 Å². The van der Waals surface area contributed by atoms with Crippen molar-refractivity contribution in [1.82, 2.24) is 14.9 Å². The molecule has 20 heavy (non-hydrogen) atoms. The maximum atomic E-state index is 12.1. The Morgan fingerprint density at radius 3 is 2.70 bits per heavy atom. The van der Waals surface area contributed by atoms with E-state index in [4.69, 9.17) is 11.6 Å². The molecule has 0 radical (unpaired) electrons. The summed E-state index contributed by atoms with van der Waals surface area (Å²) in [5, 5.41) is 3.40. The van der Waals surface area contributed by atoms with E-state index in [1.807, 2.05) is 30.5 Å². The zero-order valence-electron chi connectivity index (χ0n) is 12.3. The predicted molar refractivity (Wildman–Crippen MR) is 82.3 cm³/mol. The zero-order valence-corrected chi connectivity index (χ0v) is 13.0. The van der Waals surface area contributed by atoms with Crippen LogP contribution in [0.15, 0.2) is 18.2 Å². The predicted octanol–water partition coefficient (Wildman–Crippen LogP) is 3.80. The summed E-state index contributed by atoms with van der Waals surface area (Å²) < 4.78 is 1.95. The molecule has 0 unspecified atom stereocenters. The number of aromatic nitrogens is 2. The normalized spacial score (nSPS) is 12.9. The van der Waals surface area contributed by atoms with Crippen molar-refractivity contribution in [3.8, 4) is 0 Å². The molecule has 0 aliphatic rings. The van der Waals surface area contributed by atoms with E-state index in [9.17, 15) is 4.79 Å². The lowest BCUT2D eigenvalue weighted by Gasteiger charge is -2.12. The Morgan fingerprint density at radius 1 is 1.40 bits per heavy atom. The highest BCUT2D eigenvalue weighted by atomic mass is 35.5. The fourth-order valence-corrected chi connectivity index (χ4v) is 2.49. The largest absolute Gasteiger partial charge is 0.350 e. The molecule has 0 saturated heterocycles. The third-order valence-electron chi connectivity index (χ3n) is 3.41. The Morgan fingerprint density at radius 2 is 2.10 bits per heavy atom. The van der Waals surface area contributed by atoms with Gasteiger partial charge in [-0.1, -0.05) is 6.92 Å². The number of carbonyl (C=O) groups excluding carboxylic acids is 1. The first-order valence-electron chi connectivity index (χ1n) is 6.92. The smallest absolute Gasteiger partial charge is 0.251 e. The number of hydrogen-bond donors (Lipinski definition) is 1. The molecule has 2 aromatic rings. The number of halogens is 1. The lowest BCUT2D eigenvalue weighted by atomic mass is 10.1. The fraction of sp³-hybridized carbons (Fsp3) is 0.467. The van der Waals surface area contributed by atoms with Crippen LogP contribution in [0.25, 0.3) is 11.0 Å². The molecule has 1 aromatic carbocycles. The number of fused-ring (bicyclic) bond motifs is 1. The maximum absolute atomic E-state index is 12.1. The molecule has 0 aliphatic heterocycles. The minimum Gasteiger partial charge on any atom is -0.350 e. The van der Waals surface area contributed by atoms with Gasteiger partial charge in [0.2, 0.25) is 5.28 Å². The Bertz CT molecular complexity index is 633. The number of rotatable bonds is 4. The lowest BCUT2D eigenvalue weighted by Crippen LogP contribution is -2.31. The summed E-state index contributed by atoms with van der Waals surface area (Å²) in [6.45, 7) is 8.13. The van der Waals surface area contributed by atoms with E-state index in [0.717, 1.165) is 17.5 Å². The molecule has 0 fully saturated rings. The van der Waals surface area contributed by atoms with Crippen molar-refractivity contribution < 1.29 is 4.79 Å². The second-order valence-electron chi connectivity index (χ2n) is 5.33. The highest BCUT2D eigenvalue weighted by Gasteiger charge is 2.14. The number of hydrogen-bond acceptors (Lipinski definition) is 2. The average molecular weight is 294 g/mol. The second kappa shape index (κ2) is 5.83. The van der Waals surface area contributed by atoms with Crippen molar-refractivity contribution in [3.05, 3.63) is 29.0 Å². The minimum absolute atomic E-state index is 0.0727. The summed E-state index contributed by atoms with van der Waals surface area (Å²) in [4.78, 5) is 16.4. The summed E-state index contributed by atoms with van der Waals surface area (Å²) in [6, 6.07) is 5.90. The van der Waals surface area contributed by atoms with E-state index < -0.39 is 0 Å². The zero-order chi connectivity index (χ0) is 14.9. The van der Waals surface area contributed by atoms with Crippen LogP contribution in [0.5, 0.6) is 0 Å². The van der Waals surface area contributed by atoms with Crippen molar-refractivity contribution in [2.45, 2.75) is 46.2 Å². The van der Waals surface area contributed by atoms with E-state index in [2.05, 4.69) is 24.1 Å². The van der Waals surface area contributed by atoms with Gasteiger partial charge in [0, 0.05) is 17.6 Å². The number of amides is 1. The van der Waals surface area contributed by atoms with Gasteiger partial charge in [-0.15, -0.1) is 0 Å². The molecule has 1 amide bonds. The molecule has 108 valence electrons. The van der Waals surface area contributed by atoms with Crippen molar-refractivity contribution in [1.29, 1.82) is 0 Å². The quantitative estimate of drug-likeness (QED) is 0.932. The van der Waals surface area contributed by atoms with Gasteiger partial charge in [-0.05, 0) is 57.0 Å². The number of imidazole rings is 1. The van der Waals surface area contributed by atoms with Gasteiger partial charge in [0.05, 0.1) is 11.0 Å². The lowest BCUT2D eigenvalue weighted by molar-refractivity contribution is 0.0939. The summed E-state index contributed by atoms with van der Waals surface area (Å²) >= 11 is 6.15. The molecular weight excluding hydrogens is 274 g/mol. The Hall–Kier alpha value is -1.55. The van der Waals surface area contributed by atoms with Crippen LogP contribution in [0.1, 0.15) is 50.5 Å². The minimum atomic E-state index is -0.0727. The van der Waals surface area contributed by atoms with Crippen LogP contribution in [-0.2, 0) is 0 Å². The SMILES string of the molecule is CC[C@H](C)NC(=O)c1ccc2c(c1)nc(Cl)n2C(C)C.